The Morgan fingerprint density at radius 3 is 2.50 bits per heavy atom. The Kier molecular flexibility index (Phi) is 6.05. The maximum absolute atomic E-state index is 11.5. The van der Waals surface area contributed by atoms with Crippen molar-refractivity contribution in [2.45, 2.75) is 33.1 Å². The van der Waals surface area contributed by atoms with Crippen LogP contribution in [0, 0.1) is 5.92 Å². The highest BCUT2D eigenvalue weighted by Gasteiger charge is 2.00. The van der Waals surface area contributed by atoms with Crippen molar-refractivity contribution in [2.24, 2.45) is 5.92 Å². The highest BCUT2D eigenvalue weighted by atomic mass is 16.2. The van der Waals surface area contributed by atoms with Crippen molar-refractivity contribution in [2.75, 3.05) is 17.6 Å². The second-order valence-corrected chi connectivity index (χ2v) is 4.89. The molecule has 0 fully saturated rings. The van der Waals surface area contributed by atoms with Crippen molar-refractivity contribution < 1.29 is 4.79 Å². The summed E-state index contributed by atoms with van der Waals surface area (Å²) < 4.78 is 0. The van der Waals surface area contributed by atoms with Crippen LogP contribution < -0.4 is 16.4 Å². The molecule has 0 saturated carbocycles. The van der Waals surface area contributed by atoms with Gasteiger partial charge in [0, 0.05) is 17.9 Å². The second-order valence-electron chi connectivity index (χ2n) is 4.89. The van der Waals surface area contributed by atoms with Crippen molar-refractivity contribution in [3.63, 3.8) is 0 Å². The molecule has 2 amide bonds. The Morgan fingerprint density at radius 1 is 1.22 bits per heavy atom. The zero-order chi connectivity index (χ0) is 13.4. The van der Waals surface area contributed by atoms with Gasteiger partial charge in [0.2, 0.25) is 0 Å². The summed E-state index contributed by atoms with van der Waals surface area (Å²) in [7, 11) is 0. The van der Waals surface area contributed by atoms with E-state index in [9.17, 15) is 4.79 Å². The minimum absolute atomic E-state index is 0.163. The number of unbranched alkanes of at least 4 members (excludes halogenated alkanes) is 1. The van der Waals surface area contributed by atoms with Crippen LogP contribution in [-0.4, -0.2) is 12.6 Å². The van der Waals surface area contributed by atoms with E-state index in [1.807, 2.05) is 0 Å². The molecule has 1 rings (SSSR count). The van der Waals surface area contributed by atoms with E-state index in [-0.39, 0.29) is 6.03 Å². The van der Waals surface area contributed by atoms with Gasteiger partial charge >= 0.3 is 6.03 Å². The molecule has 4 heteroatoms. The molecule has 1 aromatic carbocycles. The van der Waals surface area contributed by atoms with Crippen LogP contribution in [0.2, 0.25) is 0 Å². The summed E-state index contributed by atoms with van der Waals surface area (Å²) in [6.45, 7) is 5.13. The van der Waals surface area contributed by atoms with Gasteiger partial charge in [-0.3, -0.25) is 0 Å². The molecule has 0 radical (unpaired) electrons. The van der Waals surface area contributed by atoms with Crippen LogP contribution in [-0.2, 0) is 0 Å². The number of rotatable bonds is 6. The highest BCUT2D eigenvalue weighted by Crippen LogP contribution is 2.10. The predicted octanol–water partition coefficient (Wildman–Crippen LogP) is 3.22. The second kappa shape index (κ2) is 7.58. The van der Waals surface area contributed by atoms with Gasteiger partial charge in [-0.2, -0.15) is 0 Å². The summed E-state index contributed by atoms with van der Waals surface area (Å²) in [5.74, 6) is 0.730. The Hall–Kier alpha value is -1.71. The van der Waals surface area contributed by atoms with Crippen molar-refractivity contribution >= 4 is 17.4 Å². The molecule has 4 N–H and O–H groups in total. The maximum Gasteiger partial charge on any atom is 0.319 e. The van der Waals surface area contributed by atoms with Crippen LogP contribution in [0.4, 0.5) is 16.2 Å². The summed E-state index contributed by atoms with van der Waals surface area (Å²) in [6, 6.07) is 6.93. The number of hydrogen-bond donors (Lipinski definition) is 3. The number of nitrogen functional groups attached to an aromatic ring is 1. The zero-order valence-electron chi connectivity index (χ0n) is 11.2. The summed E-state index contributed by atoms with van der Waals surface area (Å²) in [5.41, 5.74) is 7.01. The summed E-state index contributed by atoms with van der Waals surface area (Å²) in [6.07, 6.45) is 3.38. The average molecular weight is 249 g/mol. The van der Waals surface area contributed by atoms with Crippen LogP contribution in [0.25, 0.3) is 0 Å². The molecule has 0 heterocycles. The molecule has 0 atom stereocenters. The molecule has 18 heavy (non-hydrogen) atoms. The summed E-state index contributed by atoms with van der Waals surface area (Å²) >= 11 is 0. The molecule has 0 aliphatic carbocycles. The van der Waals surface area contributed by atoms with Gasteiger partial charge in [-0.1, -0.05) is 26.7 Å². The summed E-state index contributed by atoms with van der Waals surface area (Å²) in [5, 5.41) is 5.60. The number of carbonyl (C=O) groups is 1. The summed E-state index contributed by atoms with van der Waals surface area (Å²) in [4.78, 5) is 11.5. The third-order valence-corrected chi connectivity index (χ3v) is 2.66. The number of amides is 2. The fourth-order valence-electron chi connectivity index (χ4n) is 1.62. The van der Waals surface area contributed by atoms with Crippen molar-refractivity contribution in [3.8, 4) is 0 Å². The average Bonchev–Trinajstić information content (AvgIpc) is 2.31. The van der Waals surface area contributed by atoms with Gasteiger partial charge in [-0.25, -0.2) is 4.79 Å². The first kappa shape index (κ1) is 14.4. The number of anilines is 2. The van der Waals surface area contributed by atoms with Crippen molar-refractivity contribution in [3.05, 3.63) is 24.3 Å². The SMILES string of the molecule is CC(C)CCCCNC(=O)Nc1ccc(N)cc1. The smallest absolute Gasteiger partial charge is 0.319 e. The van der Waals surface area contributed by atoms with Gasteiger partial charge in [-0.15, -0.1) is 0 Å². The van der Waals surface area contributed by atoms with Crippen molar-refractivity contribution in [1.82, 2.24) is 5.32 Å². The third kappa shape index (κ3) is 6.13. The minimum atomic E-state index is -0.163. The van der Waals surface area contributed by atoms with E-state index in [0.717, 1.165) is 24.4 Å². The first-order valence-electron chi connectivity index (χ1n) is 6.48. The zero-order valence-corrected chi connectivity index (χ0v) is 11.2. The molecule has 0 aromatic heterocycles. The lowest BCUT2D eigenvalue weighted by molar-refractivity contribution is 0.252. The topological polar surface area (TPSA) is 67.2 Å². The maximum atomic E-state index is 11.5. The fraction of sp³-hybridized carbons (Fsp3) is 0.500. The molecule has 0 unspecified atom stereocenters. The number of nitrogens with one attached hydrogen (secondary N) is 2. The largest absolute Gasteiger partial charge is 0.399 e. The van der Waals surface area contributed by atoms with Gasteiger partial charge in [0.05, 0.1) is 0 Å². The third-order valence-electron chi connectivity index (χ3n) is 2.66. The standard InChI is InChI=1S/C14H23N3O/c1-11(2)5-3-4-10-16-14(18)17-13-8-6-12(15)7-9-13/h6-9,11H,3-5,10,15H2,1-2H3,(H2,16,17,18). The predicted molar refractivity (Wildman–Crippen MR) is 76.6 cm³/mol. The molecule has 0 bridgehead atoms. The van der Waals surface area contributed by atoms with Crippen LogP contribution >= 0.6 is 0 Å². The van der Waals surface area contributed by atoms with Gasteiger partial charge < -0.3 is 16.4 Å². The lowest BCUT2D eigenvalue weighted by atomic mass is 10.1. The number of carbonyl (C=O) groups excluding carboxylic acids is 1. The Morgan fingerprint density at radius 2 is 1.89 bits per heavy atom. The van der Waals surface area contributed by atoms with E-state index in [1.165, 1.54) is 6.42 Å². The Bertz CT molecular complexity index is 360. The van der Waals surface area contributed by atoms with E-state index < -0.39 is 0 Å². The molecule has 0 saturated heterocycles. The normalized spacial score (nSPS) is 10.4. The first-order valence-corrected chi connectivity index (χ1v) is 6.48. The molecule has 0 aliphatic heterocycles. The number of nitrogens with two attached hydrogens (primary N) is 1. The Balaban J connectivity index is 2.16. The molecular weight excluding hydrogens is 226 g/mol. The molecule has 100 valence electrons. The van der Waals surface area contributed by atoms with E-state index in [2.05, 4.69) is 24.5 Å². The van der Waals surface area contributed by atoms with Gasteiger partial charge in [0.15, 0.2) is 0 Å². The monoisotopic (exact) mass is 249 g/mol. The van der Waals surface area contributed by atoms with Crippen LogP contribution in [0.15, 0.2) is 24.3 Å². The molecular formula is C14H23N3O. The Labute approximate surface area is 109 Å². The van der Waals surface area contributed by atoms with Gasteiger partial charge in [0.1, 0.15) is 0 Å². The van der Waals surface area contributed by atoms with E-state index in [0.29, 0.717) is 12.2 Å². The number of urea groups is 1. The van der Waals surface area contributed by atoms with E-state index >= 15 is 0 Å². The molecule has 0 aliphatic rings. The van der Waals surface area contributed by atoms with Gasteiger partial charge in [0.25, 0.3) is 0 Å². The number of hydrogen-bond acceptors (Lipinski definition) is 2. The molecule has 4 nitrogen and oxygen atoms in total. The van der Waals surface area contributed by atoms with E-state index in [4.69, 9.17) is 5.73 Å². The van der Waals surface area contributed by atoms with Crippen molar-refractivity contribution in [1.29, 1.82) is 0 Å². The quantitative estimate of drug-likeness (QED) is 0.535. The van der Waals surface area contributed by atoms with Crippen LogP contribution in [0.1, 0.15) is 33.1 Å². The number of benzene rings is 1. The lowest BCUT2D eigenvalue weighted by Gasteiger charge is -2.08. The molecule has 0 spiro atoms. The van der Waals surface area contributed by atoms with E-state index in [1.54, 1.807) is 24.3 Å². The lowest BCUT2D eigenvalue weighted by Crippen LogP contribution is -2.29. The fourth-order valence-corrected chi connectivity index (χ4v) is 1.62. The minimum Gasteiger partial charge on any atom is -0.399 e. The van der Waals surface area contributed by atoms with Gasteiger partial charge in [-0.05, 0) is 36.6 Å². The molecule has 1 aromatic rings. The highest BCUT2D eigenvalue weighted by molar-refractivity contribution is 5.89. The van der Waals surface area contributed by atoms with Crippen LogP contribution in [0.5, 0.6) is 0 Å². The first-order chi connectivity index (χ1) is 8.58. The van der Waals surface area contributed by atoms with Crippen LogP contribution in [0.3, 0.4) is 0 Å².